The van der Waals surface area contributed by atoms with Crippen LogP contribution >= 0.6 is 0 Å². The van der Waals surface area contributed by atoms with Gasteiger partial charge in [0, 0.05) is 32.2 Å². The van der Waals surface area contributed by atoms with E-state index in [9.17, 15) is 0 Å². The molecule has 0 aromatic carbocycles. The Morgan fingerprint density at radius 1 is 1.22 bits per heavy atom. The first-order valence-corrected chi connectivity index (χ1v) is 7.13. The Hall–Kier alpha value is -1.03. The molecule has 0 bridgehead atoms. The van der Waals surface area contributed by atoms with E-state index < -0.39 is 0 Å². The van der Waals surface area contributed by atoms with Crippen LogP contribution < -0.4 is 10.2 Å². The summed E-state index contributed by atoms with van der Waals surface area (Å²) in [6.45, 7) is 12.8. The molecule has 1 rings (SSSR count). The van der Waals surface area contributed by atoms with E-state index >= 15 is 0 Å². The standard InChI is InChI=1S/C14H28N4/c1-6-9-15-11-13-12(4)16-17(5)14(13)18(8-3)10-7-2/h15H,6-11H2,1-5H3. The summed E-state index contributed by atoms with van der Waals surface area (Å²) >= 11 is 0. The number of nitrogens with zero attached hydrogens (tertiary/aromatic N) is 3. The highest BCUT2D eigenvalue weighted by Gasteiger charge is 2.17. The van der Waals surface area contributed by atoms with E-state index in [0.29, 0.717) is 0 Å². The van der Waals surface area contributed by atoms with Crippen molar-refractivity contribution in [1.82, 2.24) is 15.1 Å². The maximum atomic E-state index is 4.58. The molecule has 0 aliphatic heterocycles. The van der Waals surface area contributed by atoms with Crippen LogP contribution in [0.2, 0.25) is 0 Å². The fourth-order valence-corrected chi connectivity index (χ4v) is 2.37. The Kier molecular flexibility index (Phi) is 6.19. The molecular formula is C14H28N4. The molecule has 0 fully saturated rings. The third kappa shape index (κ3) is 3.48. The summed E-state index contributed by atoms with van der Waals surface area (Å²) in [4.78, 5) is 2.42. The summed E-state index contributed by atoms with van der Waals surface area (Å²) in [6, 6.07) is 0. The van der Waals surface area contributed by atoms with Crippen molar-refractivity contribution < 1.29 is 0 Å². The maximum Gasteiger partial charge on any atom is 0.131 e. The van der Waals surface area contributed by atoms with Gasteiger partial charge in [0.15, 0.2) is 0 Å². The monoisotopic (exact) mass is 252 g/mol. The average Bonchev–Trinajstić information content (AvgIpc) is 2.62. The van der Waals surface area contributed by atoms with E-state index in [2.05, 4.69) is 43.0 Å². The van der Waals surface area contributed by atoms with Crippen LogP contribution in [0.3, 0.4) is 0 Å². The average molecular weight is 252 g/mol. The van der Waals surface area contributed by atoms with Gasteiger partial charge in [0.1, 0.15) is 5.82 Å². The second kappa shape index (κ2) is 7.41. The molecule has 0 unspecified atom stereocenters. The molecule has 0 aliphatic carbocycles. The molecule has 0 saturated carbocycles. The Balaban J connectivity index is 2.93. The number of aryl methyl sites for hydroxylation is 2. The minimum Gasteiger partial charge on any atom is -0.357 e. The van der Waals surface area contributed by atoms with E-state index in [1.165, 1.54) is 24.2 Å². The molecule has 1 heterocycles. The molecule has 0 saturated heterocycles. The van der Waals surface area contributed by atoms with E-state index in [0.717, 1.165) is 31.9 Å². The van der Waals surface area contributed by atoms with Crippen LogP contribution in [0.4, 0.5) is 5.82 Å². The highest BCUT2D eigenvalue weighted by Crippen LogP contribution is 2.23. The zero-order valence-electron chi connectivity index (χ0n) is 12.6. The lowest BCUT2D eigenvalue weighted by Crippen LogP contribution is -2.27. The van der Waals surface area contributed by atoms with Gasteiger partial charge >= 0.3 is 0 Å². The smallest absolute Gasteiger partial charge is 0.131 e. The van der Waals surface area contributed by atoms with E-state index in [4.69, 9.17) is 0 Å². The van der Waals surface area contributed by atoms with Gasteiger partial charge in [-0.3, -0.25) is 4.68 Å². The molecule has 1 N–H and O–H groups in total. The van der Waals surface area contributed by atoms with Gasteiger partial charge in [-0.25, -0.2) is 0 Å². The van der Waals surface area contributed by atoms with Crippen LogP contribution in [0.15, 0.2) is 0 Å². The molecular weight excluding hydrogens is 224 g/mol. The third-order valence-electron chi connectivity index (χ3n) is 3.22. The second-order valence-corrected chi connectivity index (χ2v) is 4.77. The SMILES string of the molecule is CCCNCc1c(C)nn(C)c1N(CC)CCC. The maximum absolute atomic E-state index is 4.58. The number of aromatic nitrogens is 2. The lowest BCUT2D eigenvalue weighted by atomic mass is 10.2. The minimum atomic E-state index is 0.920. The van der Waals surface area contributed by atoms with Gasteiger partial charge in [0.2, 0.25) is 0 Å². The van der Waals surface area contributed by atoms with E-state index in [1.807, 2.05) is 11.7 Å². The van der Waals surface area contributed by atoms with Gasteiger partial charge in [-0.15, -0.1) is 0 Å². The van der Waals surface area contributed by atoms with Crippen LogP contribution in [0.5, 0.6) is 0 Å². The molecule has 1 aromatic rings. The number of hydrogen-bond donors (Lipinski definition) is 1. The number of nitrogens with one attached hydrogen (secondary N) is 1. The fourth-order valence-electron chi connectivity index (χ4n) is 2.37. The van der Waals surface area contributed by atoms with Gasteiger partial charge in [0.25, 0.3) is 0 Å². The van der Waals surface area contributed by atoms with Gasteiger partial charge in [-0.2, -0.15) is 5.10 Å². The van der Waals surface area contributed by atoms with Crippen molar-refractivity contribution in [2.24, 2.45) is 7.05 Å². The first kappa shape index (κ1) is 15.0. The van der Waals surface area contributed by atoms with Gasteiger partial charge in [0.05, 0.1) is 5.69 Å². The Morgan fingerprint density at radius 3 is 2.50 bits per heavy atom. The first-order valence-electron chi connectivity index (χ1n) is 7.13. The molecule has 1 aromatic heterocycles. The zero-order valence-corrected chi connectivity index (χ0v) is 12.6. The second-order valence-electron chi connectivity index (χ2n) is 4.77. The third-order valence-corrected chi connectivity index (χ3v) is 3.22. The molecule has 18 heavy (non-hydrogen) atoms. The lowest BCUT2D eigenvalue weighted by Gasteiger charge is -2.24. The van der Waals surface area contributed by atoms with Crippen LogP contribution in [0.25, 0.3) is 0 Å². The van der Waals surface area contributed by atoms with Crippen molar-refractivity contribution >= 4 is 5.82 Å². The van der Waals surface area contributed by atoms with Gasteiger partial charge in [-0.1, -0.05) is 13.8 Å². The Morgan fingerprint density at radius 2 is 1.94 bits per heavy atom. The Labute approximate surface area is 111 Å². The normalized spacial score (nSPS) is 10.9. The van der Waals surface area contributed by atoms with Crippen LogP contribution in [0.1, 0.15) is 44.9 Å². The van der Waals surface area contributed by atoms with E-state index in [-0.39, 0.29) is 0 Å². The van der Waals surface area contributed by atoms with Crippen molar-refractivity contribution in [2.45, 2.75) is 47.1 Å². The number of rotatable bonds is 8. The topological polar surface area (TPSA) is 33.1 Å². The number of hydrogen-bond acceptors (Lipinski definition) is 3. The summed E-state index contributed by atoms with van der Waals surface area (Å²) in [6.07, 6.45) is 2.33. The minimum absolute atomic E-state index is 0.920. The lowest BCUT2D eigenvalue weighted by molar-refractivity contribution is 0.663. The number of anilines is 1. The van der Waals surface area contributed by atoms with E-state index in [1.54, 1.807) is 0 Å². The molecule has 4 nitrogen and oxygen atoms in total. The van der Waals surface area contributed by atoms with Crippen molar-refractivity contribution in [3.05, 3.63) is 11.3 Å². The van der Waals surface area contributed by atoms with Crippen molar-refractivity contribution in [1.29, 1.82) is 0 Å². The molecule has 0 spiro atoms. The highest BCUT2D eigenvalue weighted by atomic mass is 15.4. The van der Waals surface area contributed by atoms with Crippen LogP contribution in [-0.4, -0.2) is 29.4 Å². The Bertz CT molecular complexity index is 357. The van der Waals surface area contributed by atoms with Crippen LogP contribution in [-0.2, 0) is 13.6 Å². The molecule has 0 radical (unpaired) electrons. The predicted octanol–water partition coefficient (Wildman–Crippen LogP) is 2.46. The van der Waals surface area contributed by atoms with Gasteiger partial charge < -0.3 is 10.2 Å². The summed E-state index contributed by atoms with van der Waals surface area (Å²) in [7, 11) is 2.05. The fraction of sp³-hybridized carbons (Fsp3) is 0.786. The van der Waals surface area contributed by atoms with Crippen molar-refractivity contribution in [2.75, 3.05) is 24.5 Å². The van der Waals surface area contributed by atoms with Gasteiger partial charge in [-0.05, 0) is 33.2 Å². The first-order chi connectivity index (χ1) is 8.65. The molecule has 0 atom stereocenters. The summed E-state index contributed by atoms with van der Waals surface area (Å²) < 4.78 is 2.03. The quantitative estimate of drug-likeness (QED) is 0.722. The summed E-state index contributed by atoms with van der Waals surface area (Å²) in [5, 5.41) is 8.06. The largest absolute Gasteiger partial charge is 0.357 e. The molecule has 0 aliphatic rings. The van der Waals surface area contributed by atoms with Crippen molar-refractivity contribution in [3.8, 4) is 0 Å². The van der Waals surface area contributed by atoms with Crippen molar-refractivity contribution in [3.63, 3.8) is 0 Å². The molecule has 104 valence electrons. The zero-order chi connectivity index (χ0) is 13.5. The highest BCUT2D eigenvalue weighted by molar-refractivity contribution is 5.50. The predicted molar refractivity (Wildman–Crippen MR) is 78.1 cm³/mol. The van der Waals surface area contributed by atoms with Crippen LogP contribution in [0, 0.1) is 6.92 Å². The molecule has 0 amide bonds. The summed E-state index contributed by atoms with van der Waals surface area (Å²) in [5.41, 5.74) is 2.49. The summed E-state index contributed by atoms with van der Waals surface area (Å²) in [5.74, 6) is 1.28. The molecule has 4 heteroatoms.